The lowest BCUT2D eigenvalue weighted by Gasteiger charge is -2.40. The molecule has 0 radical (unpaired) electrons. The van der Waals surface area contributed by atoms with E-state index < -0.39 is 0 Å². The third-order valence-corrected chi connectivity index (χ3v) is 4.55. The van der Waals surface area contributed by atoms with E-state index in [9.17, 15) is 0 Å². The zero-order valence-electron chi connectivity index (χ0n) is 11.4. The first-order chi connectivity index (χ1) is 8.33. The fourth-order valence-corrected chi connectivity index (χ4v) is 3.56. The lowest BCUT2D eigenvalue weighted by Crippen LogP contribution is -2.46. The summed E-state index contributed by atoms with van der Waals surface area (Å²) in [7, 11) is 0. The Bertz CT molecular complexity index is 241. The Morgan fingerprint density at radius 2 is 1.76 bits per heavy atom. The van der Waals surface area contributed by atoms with Crippen molar-refractivity contribution in [2.45, 2.75) is 77.2 Å². The van der Waals surface area contributed by atoms with Gasteiger partial charge in [0.1, 0.15) is 0 Å². The highest BCUT2D eigenvalue weighted by atomic mass is 15.2. The summed E-state index contributed by atoms with van der Waals surface area (Å²) in [5.74, 6) is 1.57. The van der Waals surface area contributed by atoms with Crippen molar-refractivity contribution in [1.82, 2.24) is 4.90 Å². The number of nitrogens with one attached hydrogen (secondary N) is 1. The highest BCUT2D eigenvalue weighted by molar-refractivity contribution is 5.82. The average Bonchev–Trinajstić information content (AvgIpc) is 2.40. The van der Waals surface area contributed by atoms with Gasteiger partial charge in [0.2, 0.25) is 0 Å². The van der Waals surface area contributed by atoms with Crippen LogP contribution in [0.4, 0.5) is 0 Å². The van der Waals surface area contributed by atoms with Crippen LogP contribution in [-0.2, 0) is 0 Å². The molecule has 0 spiro atoms. The summed E-state index contributed by atoms with van der Waals surface area (Å²) in [6.45, 7) is 3.43. The Hall–Kier alpha value is -0.530. The molecule has 1 atom stereocenters. The van der Waals surface area contributed by atoms with Crippen LogP contribution in [0, 0.1) is 11.3 Å². The molecule has 2 nitrogen and oxygen atoms in total. The normalized spacial score (nSPS) is 27.1. The number of rotatable bonds is 3. The van der Waals surface area contributed by atoms with Gasteiger partial charge in [-0.15, -0.1) is 0 Å². The molecule has 0 aromatic heterocycles. The van der Waals surface area contributed by atoms with Crippen molar-refractivity contribution < 1.29 is 0 Å². The van der Waals surface area contributed by atoms with E-state index in [-0.39, 0.29) is 0 Å². The molecule has 1 N–H and O–H groups in total. The summed E-state index contributed by atoms with van der Waals surface area (Å²) in [5, 5.41) is 8.51. The molecule has 0 aromatic carbocycles. The number of hydrogen-bond donors (Lipinski definition) is 1. The molecule has 0 amide bonds. The van der Waals surface area contributed by atoms with Gasteiger partial charge in [-0.05, 0) is 38.5 Å². The van der Waals surface area contributed by atoms with E-state index in [1.165, 1.54) is 64.2 Å². The summed E-state index contributed by atoms with van der Waals surface area (Å²) in [5.41, 5.74) is 0. The Labute approximate surface area is 106 Å². The molecule has 2 fully saturated rings. The Morgan fingerprint density at radius 1 is 1.06 bits per heavy atom. The minimum atomic E-state index is 0.584. The van der Waals surface area contributed by atoms with Gasteiger partial charge >= 0.3 is 0 Å². The molecule has 0 bridgehead atoms. The maximum atomic E-state index is 8.51. The topological polar surface area (TPSA) is 27.1 Å². The maximum absolute atomic E-state index is 8.51. The molecule has 1 unspecified atom stereocenters. The summed E-state index contributed by atoms with van der Waals surface area (Å²) in [6, 6.07) is 0.683. The second-order valence-corrected chi connectivity index (χ2v) is 5.85. The Kier molecular flexibility index (Phi) is 4.87. The maximum Gasteiger partial charge on any atom is 0.0991 e. The summed E-state index contributed by atoms with van der Waals surface area (Å²) >= 11 is 0. The van der Waals surface area contributed by atoms with E-state index >= 15 is 0 Å². The highest BCUT2D eigenvalue weighted by Crippen LogP contribution is 2.29. The van der Waals surface area contributed by atoms with Gasteiger partial charge in [0, 0.05) is 18.5 Å². The van der Waals surface area contributed by atoms with Crippen molar-refractivity contribution in [2.75, 3.05) is 6.54 Å². The van der Waals surface area contributed by atoms with Crippen molar-refractivity contribution in [3.05, 3.63) is 0 Å². The number of hydrogen-bond acceptors (Lipinski definition) is 1. The van der Waals surface area contributed by atoms with Gasteiger partial charge < -0.3 is 4.90 Å². The smallest absolute Gasteiger partial charge is 0.0991 e. The van der Waals surface area contributed by atoms with Crippen molar-refractivity contribution >= 4 is 5.84 Å². The van der Waals surface area contributed by atoms with Crippen LogP contribution in [0.15, 0.2) is 0 Å². The molecule has 2 aliphatic rings. The van der Waals surface area contributed by atoms with Crippen molar-refractivity contribution in [3.63, 3.8) is 0 Å². The van der Waals surface area contributed by atoms with E-state index in [4.69, 9.17) is 5.41 Å². The van der Waals surface area contributed by atoms with Crippen LogP contribution in [0.3, 0.4) is 0 Å². The van der Waals surface area contributed by atoms with E-state index in [2.05, 4.69) is 11.8 Å². The fourth-order valence-electron chi connectivity index (χ4n) is 3.56. The quantitative estimate of drug-likeness (QED) is 0.577. The Balaban J connectivity index is 1.94. The van der Waals surface area contributed by atoms with Gasteiger partial charge in [0.25, 0.3) is 0 Å². The third kappa shape index (κ3) is 3.23. The van der Waals surface area contributed by atoms with Crippen LogP contribution < -0.4 is 0 Å². The molecule has 0 aromatic rings. The van der Waals surface area contributed by atoms with Crippen molar-refractivity contribution in [2.24, 2.45) is 5.92 Å². The van der Waals surface area contributed by atoms with Gasteiger partial charge in [-0.1, -0.05) is 32.6 Å². The predicted octanol–water partition coefficient (Wildman–Crippen LogP) is 4.20. The minimum Gasteiger partial charge on any atom is -0.357 e. The molecule has 1 saturated heterocycles. The first-order valence-electron chi connectivity index (χ1n) is 7.68. The number of likely N-dealkylation sites (tertiary alicyclic amines) is 1. The van der Waals surface area contributed by atoms with Crippen molar-refractivity contribution in [1.29, 1.82) is 5.41 Å². The number of piperidine rings is 1. The standard InChI is InChI=1S/C15H28N2/c1-2-8-14-11-6-7-12-17(14)15(16)13-9-4-3-5-10-13/h13-14,16H,2-12H2,1H3. The molecular formula is C15H28N2. The summed E-state index contributed by atoms with van der Waals surface area (Å²) in [6.07, 6.45) is 13.2. The molecule has 1 aliphatic carbocycles. The zero-order valence-corrected chi connectivity index (χ0v) is 11.4. The number of nitrogens with zero attached hydrogens (tertiary/aromatic N) is 1. The van der Waals surface area contributed by atoms with Crippen LogP contribution in [0.5, 0.6) is 0 Å². The second kappa shape index (κ2) is 6.42. The Morgan fingerprint density at radius 3 is 2.47 bits per heavy atom. The molecule has 98 valence electrons. The number of amidine groups is 1. The van der Waals surface area contributed by atoms with E-state index in [0.717, 1.165) is 12.4 Å². The first kappa shape index (κ1) is 12.9. The monoisotopic (exact) mass is 236 g/mol. The zero-order chi connectivity index (χ0) is 12.1. The largest absolute Gasteiger partial charge is 0.357 e. The van der Waals surface area contributed by atoms with Crippen LogP contribution in [-0.4, -0.2) is 23.3 Å². The van der Waals surface area contributed by atoms with E-state index in [1.54, 1.807) is 0 Å². The van der Waals surface area contributed by atoms with Gasteiger partial charge in [-0.2, -0.15) is 0 Å². The predicted molar refractivity (Wildman–Crippen MR) is 73.6 cm³/mol. The van der Waals surface area contributed by atoms with Crippen molar-refractivity contribution in [3.8, 4) is 0 Å². The molecule has 2 heteroatoms. The van der Waals surface area contributed by atoms with Crippen LogP contribution in [0.25, 0.3) is 0 Å². The molecule has 17 heavy (non-hydrogen) atoms. The van der Waals surface area contributed by atoms with Crippen LogP contribution in [0.2, 0.25) is 0 Å². The molecular weight excluding hydrogens is 208 g/mol. The molecule has 2 rings (SSSR count). The fraction of sp³-hybridized carbons (Fsp3) is 0.933. The molecule has 1 aliphatic heterocycles. The lowest BCUT2D eigenvalue weighted by molar-refractivity contribution is 0.211. The molecule has 1 heterocycles. The first-order valence-corrected chi connectivity index (χ1v) is 7.68. The van der Waals surface area contributed by atoms with Gasteiger partial charge in [0.15, 0.2) is 0 Å². The summed E-state index contributed by atoms with van der Waals surface area (Å²) in [4.78, 5) is 2.46. The SMILES string of the molecule is CCCC1CCCCN1C(=N)C1CCCCC1. The molecule has 1 saturated carbocycles. The van der Waals surface area contributed by atoms with E-state index in [1.807, 2.05) is 0 Å². The second-order valence-electron chi connectivity index (χ2n) is 5.85. The lowest BCUT2D eigenvalue weighted by atomic mass is 9.86. The van der Waals surface area contributed by atoms with Gasteiger partial charge in [-0.25, -0.2) is 0 Å². The van der Waals surface area contributed by atoms with Gasteiger partial charge in [-0.3, -0.25) is 5.41 Å². The summed E-state index contributed by atoms with van der Waals surface area (Å²) < 4.78 is 0. The van der Waals surface area contributed by atoms with Gasteiger partial charge in [0.05, 0.1) is 5.84 Å². The third-order valence-electron chi connectivity index (χ3n) is 4.55. The highest BCUT2D eigenvalue weighted by Gasteiger charge is 2.28. The minimum absolute atomic E-state index is 0.584. The average molecular weight is 236 g/mol. The van der Waals surface area contributed by atoms with E-state index in [0.29, 0.717) is 12.0 Å². The van der Waals surface area contributed by atoms with Crippen LogP contribution in [0.1, 0.15) is 71.1 Å². The van der Waals surface area contributed by atoms with Crippen LogP contribution >= 0.6 is 0 Å².